The standard InChI is InChI=1S/C16H16N2O2/c1-11-7-3-5-9-13(11)18(16(20)15(17)19)14-10-6-4-8-12(14)2/h3-10H,1-2H3,(H2,17,19). The number of benzene rings is 2. The average Bonchev–Trinajstić information content (AvgIpc) is 2.43. The topological polar surface area (TPSA) is 63.4 Å². The van der Waals surface area contributed by atoms with Crippen LogP contribution in [0.5, 0.6) is 0 Å². The van der Waals surface area contributed by atoms with Gasteiger partial charge in [0.15, 0.2) is 0 Å². The van der Waals surface area contributed by atoms with E-state index >= 15 is 0 Å². The zero-order chi connectivity index (χ0) is 14.7. The molecule has 0 heterocycles. The number of hydrogen-bond acceptors (Lipinski definition) is 2. The molecular weight excluding hydrogens is 252 g/mol. The number of nitrogens with zero attached hydrogens (tertiary/aromatic N) is 1. The van der Waals surface area contributed by atoms with E-state index in [1.54, 1.807) is 12.1 Å². The molecule has 0 bridgehead atoms. The van der Waals surface area contributed by atoms with Crippen molar-refractivity contribution in [2.45, 2.75) is 13.8 Å². The van der Waals surface area contributed by atoms with E-state index in [-0.39, 0.29) is 0 Å². The Morgan fingerprint density at radius 1 is 0.850 bits per heavy atom. The van der Waals surface area contributed by atoms with Gasteiger partial charge < -0.3 is 5.73 Å². The molecule has 0 aromatic heterocycles. The largest absolute Gasteiger partial charge is 0.361 e. The van der Waals surface area contributed by atoms with Crippen LogP contribution in [0, 0.1) is 13.8 Å². The molecule has 0 unspecified atom stereocenters. The summed E-state index contributed by atoms with van der Waals surface area (Å²) in [5.41, 5.74) is 8.29. The minimum absolute atomic E-state index is 0.658. The Kier molecular flexibility index (Phi) is 3.84. The molecule has 2 aromatic rings. The van der Waals surface area contributed by atoms with Crippen molar-refractivity contribution in [1.29, 1.82) is 0 Å². The van der Waals surface area contributed by atoms with Crippen LogP contribution < -0.4 is 10.6 Å². The van der Waals surface area contributed by atoms with Gasteiger partial charge in [0, 0.05) is 0 Å². The van der Waals surface area contributed by atoms with Crippen molar-refractivity contribution >= 4 is 23.2 Å². The molecule has 20 heavy (non-hydrogen) atoms. The fourth-order valence-corrected chi connectivity index (χ4v) is 2.09. The number of amides is 2. The molecule has 4 heteroatoms. The molecule has 102 valence electrons. The lowest BCUT2D eigenvalue weighted by Crippen LogP contribution is -2.38. The molecule has 0 aliphatic heterocycles. The molecule has 2 amide bonds. The van der Waals surface area contributed by atoms with Crippen molar-refractivity contribution in [3.63, 3.8) is 0 Å². The van der Waals surface area contributed by atoms with Crippen molar-refractivity contribution in [3.8, 4) is 0 Å². The Balaban J connectivity index is 2.63. The summed E-state index contributed by atoms with van der Waals surface area (Å²) in [7, 11) is 0. The minimum Gasteiger partial charge on any atom is -0.361 e. The van der Waals surface area contributed by atoms with Gasteiger partial charge in [0.2, 0.25) is 0 Å². The molecule has 0 saturated carbocycles. The molecule has 2 rings (SSSR count). The Bertz CT molecular complexity index is 620. The average molecular weight is 268 g/mol. The summed E-state index contributed by atoms with van der Waals surface area (Å²) in [5, 5.41) is 0. The summed E-state index contributed by atoms with van der Waals surface area (Å²) in [6, 6.07) is 14.8. The van der Waals surface area contributed by atoms with Crippen molar-refractivity contribution in [1.82, 2.24) is 0 Å². The van der Waals surface area contributed by atoms with E-state index in [1.165, 1.54) is 4.90 Å². The number of primary amides is 1. The second-order valence-electron chi connectivity index (χ2n) is 4.58. The zero-order valence-corrected chi connectivity index (χ0v) is 11.5. The summed E-state index contributed by atoms with van der Waals surface area (Å²) < 4.78 is 0. The molecule has 2 aromatic carbocycles. The van der Waals surface area contributed by atoms with Crippen LogP contribution >= 0.6 is 0 Å². The Morgan fingerprint density at radius 3 is 1.60 bits per heavy atom. The van der Waals surface area contributed by atoms with Crippen LogP contribution in [0.1, 0.15) is 11.1 Å². The lowest BCUT2D eigenvalue weighted by atomic mass is 10.1. The van der Waals surface area contributed by atoms with Gasteiger partial charge in [0.05, 0.1) is 11.4 Å². The van der Waals surface area contributed by atoms with Gasteiger partial charge in [0.25, 0.3) is 0 Å². The number of carbonyl (C=O) groups is 2. The van der Waals surface area contributed by atoms with Gasteiger partial charge >= 0.3 is 11.8 Å². The van der Waals surface area contributed by atoms with Crippen LogP contribution in [-0.4, -0.2) is 11.8 Å². The molecule has 0 radical (unpaired) electrons. The van der Waals surface area contributed by atoms with Gasteiger partial charge in [0.1, 0.15) is 0 Å². The second kappa shape index (κ2) is 5.57. The summed E-state index contributed by atoms with van der Waals surface area (Å²) in [6.07, 6.45) is 0. The van der Waals surface area contributed by atoms with E-state index in [2.05, 4.69) is 0 Å². The molecule has 0 aliphatic carbocycles. The number of carbonyl (C=O) groups excluding carboxylic acids is 2. The second-order valence-corrected chi connectivity index (χ2v) is 4.58. The fourth-order valence-electron chi connectivity index (χ4n) is 2.09. The van der Waals surface area contributed by atoms with Crippen LogP contribution in [0.25, 0.3) is 0 Å². The van der Waals surface area contributed by atoms with E-state index in [1.807, 2.05) is 50.2 Å². The normalized spacial score (nSPS) is 10.1. The predicted molar refractivity (Wildman–Crippen MR) is 78.7 cm³/mol. The number of nitrogens with two attached hydrogens (primary N) is 1. The molecular formula is C16H16N2O2. The van der Waals surface area contributed by atoms with Crippen LogP contribution in [0.4, 0.5) is 11.4 Å². The van der Waals surface area contributed by atoms with Crippen molar-refractivity contribution in [2.75, 3.05) is 4.90 Å². The van der Waals surface area contributed by atoms with Crippen molar-refractivity contribution < 1.29 is 9.59 Å². The maximum absolute atomic E-state index is 12.2. The molecule has 0 aliphatic rings. The summed E-state index contributed by atoms with van der Waals surface area (Å²) >= 11 is 0. The fraction of sp³-hybridized carbons (Fsp3) is 0.125. The van der Waals surface area contributed by atoms with Gasteiger partial charge in [-0.05, 0) is 37.1 Å². The third-order valence-electron chi connectivity index (χ3n) is 3.13. The molecule has 0 spiro atoms. The first kappa shape index (κ1) is 13.8. The number of aryl methyl sites for hydroxylation is 2. The number of hydrogen-bond donors (Lipinski definition) is 1. The Hall–Kier alpha value is -2.62. The van der Waals surface area contributed by atoms with Gasteiger partial charge in [-0.15, -0.1) is 0 Å². The van der Waals surface area contributed by atoms with Crippen LogP contribution in [0.3, 0.4) is 0 Å². The Morgan fingerprint density at radius 2 is 1.25 bits per heavy atom. The predicted octanol–water partition coefficient (Wildman–Crippen LogP) is 2.45. The van der Waals surface area contributed by atoms with Gasteiger partial charge in [-0.1, -0.05) is 36.4 Å². The molecule has 0 fully saturated rings. The monoisotopic (exact) mass is 268 g/mol. The van der Waals surface area contributed by atoms with Gasteiger partial charge in [-0.2, -0.15) is 0 Å². The highest BCUT2D eigenvalue weighted by Gasteiger charge is 2.24. The lowest BCUT2D eigenvalue weighted by molar-refractivity contribution is -0.135. The first-order valence-corrected chi connectivity index (χ1v) is 6.27. The third kappa shape index (κ3) is 2.54. The molecule has 4 nitrogen and oxygen atoms in total. The molecule has 2 N–H and O–H groups in total. The summed E-state index contributed by atoms with van der Waals surface area (Å²) in [5.74, 6) is -1.72. The van der Waals surface area contributed by atoms with Crippen LogP contribution in [0.2, 0.25) is 0 Å². The Labute approximate surface area is 117 Å². The van der Waals surface area contributed by atoms with E-state index < -0.39 is 11.8 Å². The summed E-state index contributed by atoms with van der Waals surface area (Å²) in [4.78, 5) is 24.9. The van der Waals surface area contributed by atoms with Crippen molar-refractivity contribution in [2.24, 2.45) is 5.73 Å². The van der Waals surface area contributed by atoms with E-state index in [4.69, 9.17) is 5.73 Å². The first-order chi connectivity index (χ1) is 9.52. The van der Waals surface area contributed by atoms with Crippen LogP contribution in [0.15, 0.2) is 48.5 Å². The van der Waals surface area contributed by atoms with E-state index in [0.29, 0.717) is 11.4 Å². The quantitative estimate of drug-likeness (QED) is 0.850. The summed E-state index contributed by atoms with van der Waals surface area (Å²) in [6.45, 7) is 3.77. The van der Waals surface area contributed by atoms with Gasteiger partial charge in [-0.3, -0.25) is 14.5 Å². The number of anilines is 2. The molecule has 0 atom stereocenters. The van der Waals surface area contributed by atoms with E-state index in [9.17, 15) is 9.59 Å². The minimum atomic E-state index is -0.975. The molecule has 0 saturated heterocycles. The number of rotatable bonds is 2. The smallest absolute Gasteiger partial charge is 0.320 e. The highest BCUT2D eigenvalue weighted by molar-refractivity contribution is 6.41. The highest BCUT2D eigenvalue weighted by atomic mass is 16.2. The van der Waals surface area contributed by atoms with Crippen LogP contribution in [-0.2, 0) is 9.59 Å². The van der Waals surface area contributed by atoms with Crippen molar-refractivity contribution in [3.05, 3.63) is 59.7 Å². The SMILES string of the molecule is Cc1ccccc1N(C(=O)C(N)=O)c1ccccc1C. The number of para-hydroxylation sites is 2. The zero-order valence-electron chi connectivity index (χ0n) is 11.5. The van der Waals surface area contributed by atoms with E-state index in [0.717, 1.165) is 11.1 Å². The maximum Gasteiger partial charge on any atom is 0.320 e. The maximum atomic E-state index is 12.2. The lowest BCUT2D eigenvalue weighted by Gasteiger charge is -2.24. The highest BCUT2D eigenvalue weighted by Crippen LogP contribution is 2.30. The first-order valence-electron chi connectivity index (χ1n) is 6.27. The third-order valence-corrected chi connectivity index (χ3v) is 3.13. The van der Waals surface area contributed by atoms with Gasteiger partial charge in [-0.25, -0.2) is 0 Å².